The Kier molecular flexibility index (Phi) is 4.63. The second-order valence-corrected chi connectivity index (χ2v) is 4.50. The van der Waals surface area contributed by atoms with E-state index in [4.69, 9.17) is 10.5 Å². The maximum Gasteiger partial charge on any atom is 0.0721 e. The van der Waals surface area contributed by atoms with E-state index in [2.05, 4.69) is 20.8 Å². The number of hydrogen-bond donors (Lipinski definition) is 1. The summed E-state index contributed by atoms with van der Waals surface area (Å²) in [4.78, 5) is 0. The molecule has 1 atom stereocenters. The first-order chi connectivity index (χ1) is 7.08. The van der Waals surface area contributed by atoms with Crippen LogP contribution in [0.15, 0.2) is 24.3 Å². The second kappa shape index (κ2) is 5.76. The predicted octanol–water partition coefficient (Wildman–Crippen LogP) is 3.22. The maximum absolute atomic E-state index is 5.74. The zero-order valence-corrected chi connectivity index (χ0v) is 9.86. The highest BCUT2D eigenvalue weighted by molar-refractivity contribution is 5.40. The van der Waals surface area contributed by atoms with E-state index in [9.17, 15) is 0 Å². The van der Waals surface area contributed by atoms with Gasteiger partial charge in [-0.05, 0) is 37.0 Å². The Bertz CT molecular complexity index is 296. The molecule has 2 N–H and O–H groups in total. The molecule has 0 bridgehead atoms. The molecule has 0 amide bonds. The molecule has 2 heteroatoms. The van der Waals surface area contributed by atoms with E-state index in [1.807, 2.05) is 24.3 Å². The SMILES string of the molecule is CC(C)CC(C)OCc1cccc(N)c1. The third-order valence-corrected chi connectivity index (χ3v) is 2.29. The summed E-state index contributed by atoms with van der Waals surface area (Å²) in [6.45, 7) is 7.19. The molecule has 0 saturated carbocycles. The van der Waals surface area contributed by atoms with E-state index >= 15 is 0 Å². The van der Waals surface area contributed by atoms with Crippen molar-refractivity contribution in [3.8, 4) is 0 Å². The van der Waals surface area contributed by atoms with Gasteiger partial charge in [0, 0.05) is 5.69 Å². The number of nitrogen functional groups attached to an aromatic ring is 1. The summed E-state index contributed by atoms with van der Waals surface area (Å²) in [5, 5.41) is 0. The van der Waals surface area contributed by atoms with Gasteiger partial charge in [0.05, 0.1) is 12.7 Å². The average molecular weight is 207 g/mol. The maximum atomic E-state index is 5.74. The van der Waals surface area contributed by atoms with Crippen LogP contribution in [0.4, 0.5) is 5.69 Å². The molecule has 1 rings (SSSR count). The van der Waals surface area contributed by atoms with Gasteiger partial charge < -0.3 is 10.5 Å². The van der Waals surface area contributed by atoms with Gasteiger partial charge in [-0.15, -0.1) is 0 Å². The van der Waals surface area contributed by atoms with E-state index in [1.54, 1.807) is 0 Å². The number of benzene rings is 1. The molecule has 1 aromatic rings. The first-order valence-corrected chi connectivity index (χ1v) is 5.54. The number of rotatable bonds is 5. The fraction of sp³-hybridized carbons (Fsp3) is 0.538. The molecule has 1 unspecified atom stereocenters. The van der Waals surface area contributed by atoms with Crippen LogP contribution in [0.5, 0.6) is 0 Å². The van der Waals surface area contributed by atoms with Crippen LogP contribution in [0.25, 0.3) is 0 Å². The molecule has 0 heterocycles. The number of hydrogen-bond acceptors (Lipinski definition) is 2. The van der Waals surface area contributed by atoms with Crippen LogP contribution in [-0.4, -0.2) is 6.10 Å². The van der Waals surface area contributed by atoms with Crippen molar-refractivity contribution >= 4 is 5.69 Å². The molecule has 15 heavy (non-hydrogen) atoms. The lowest BCUT2D eigenvalue weighted by molar-refractivity contribution is 0.0397. The second-order valence-electron chi connectivity index (χ2n) is 4.50. The Balaban J connectivity index is 2.36. The zero-order chi connectivity index (χ0) is 11.3. The molecule has 0 radical (unpaired) electrons. The Labute approximate surface area is 92.4 Å². The Morgan fingerprint density at radius 2 is 2.00 bits per heavy atom. The van der Waals surface area contributed by atoms with Gasteiger partial charge in [-0.3, -0.25) is 0 Å². The molecule has 2 nitrogen and oxygen atoms in total. The van der Waals surface area contributed by atoms with Gasteiger partial charge in [0.15, 0.2) is 0 Å². The van der Waals surface area contributed by atoms with Crippen molar-refractivity contribution in [3.05, 3.63) is 29.8 Å². The summed E-state index contributed by atoms with van der Waals surface area (Å²) >= 11 is 0. The minimum absolute atomic E-state index is 0.312. The van der Waals surface area contributed by atoms with Crippen molar-refractivity contribution in [2.45, 2.75) is 39.9 Å². The lowest BCUT2D eigenvalue weighted by atomic mass is 10.1. The first kappa shape index (κ1) is 12.1. The molecule has 0 fully saturated rings. The van der Waals surface area contributed by atoms with Gasteiger partial charge in [-0.25, -0.2) is 0 Å². The summed E-state index contributed by atoms with van der Waals surface area (Å²) in [6.07, 6.45) is 1.41. The minimum atomic E-state index is 0.312. The van der Waals surface area contributed by atoms with E-state index in [0.717, 1.165) is 17.7 Å². The van der Waals surface area contributed by atoms with Crippen molar-refractivity contribution in [2.75, 3.05) is 5.73 Å². The quantitative estimate of drug-likeness (QED) is 0.752. The highest BCUT2D eigenvalue weighted by Crippen LogP contribution is 2.12. The summed E-state index contributed by atoms with van der Waals surface area (Å²) in [7, 11) is 0. The highest BCUT2D eigenvalue weighted by atomic mass is 16.5. The number of ether oxygens (including phenoxy) is 1. The van der Waals surface area contributed by atoms with Crippen LogP contribution in [0, 0.1) is 5.92 Å². The topological polar surface area (TPSA) is 35.2 Å². The normalized spacial score (nSPS) is 13.1. The van der Waals surface area contributed by atoms with E-state index in [-0.39, 0.29) is 0 Å². The van der Waals surface area contributed by atoms with E-state index in [1.165, 1.54) is 0 Å². The number of anilines is 1. The molecule has 1 aromatic carbocycles. The van der Waals surface area contributed by atoms with E-state index < -0.39 is 0 Å². The van der Waals surface area contributed by atoms with Crippen LogP contribution >= 0.6 is 0 Å². The predicted molar refractivity (Wildman–Crippen MR) is 64.6 cm³/mol. The molecular formula is C13H21NO. The standard InChI is InChI=1S/C13H21NO/c1-10(2)7-11(3)15-9-12-5-4-6-13(14)8-12/h4-6,8,10-11H,7,9,14H2,1-3H3. The average Bonchev–Trinajstić information content (AvgIpc) is 2.14. The van der Waals surface area contributed by atoms with Crippen LogP contribution in [0.1, 0.15) is 32.8 Å². The zero-order valence-electron chi connectivity index (χ0n) is 9.86. The van der Waals surface area contributed by atoms with Crippen molar-refractivity contribution in [1.82, 2.24) is 0 Å². The van der Waals surface area contributed by atoms with Gasteiger partial charge in [-0.1, -0.05) is 26.0 Å². The summed E-state index contributed by atoms with van der Waals surface area (Å²) in [5.41, 5.74) is 7.63. The molecule has 0 aliphatic rings. The lowest BCUT2D eigenvalue weighted by Gasteiger charge is -2.15. The first-order valence-electron chi connectivity index (χ1n) is 5.54. The third-order valence-electron chi connectivity index (χ3n) is 2.29. The van der Waals surface area contributed by atoms with Crippen LogP contribution in [0.2, 0.25) is 0 Å². The summed E-state index contributed by atoms with van der Waals surface area (Å²) in [6, 6.07) is 7.85. The Morgan fingerprint density at radius 3 is 2.60 bits per heavy atom. The summed E-state index contributed by atoms with van der Waals surface area (Å²) in [5.74, 6) is 0.681. The molecule has 0 spiro atoms. The lowest BCUT2D eigenvalue weighted by Crippen LogP contribution is -2.11. The van der Waals surface area contributed by atoms with Gasteiger partial charge >= 0.3 is 0 Å². The molecular weight excluding hydrogens is 186 g/mol. The Hall–Kier alpha value is -1.02. The fourth-order valence-corrected chi connectivity index (χ4v) is 1.65. The van der Waals surface area contributed by atoms with Crippen LogP contribution < -0.4 is 5.73 Å². The number of nitrogens with two attached hydrogens (primary N) is 1. The molecule has 0 aliphatic heterocycles. The van der Waals surface area contributed by atoms with Crippen LogP contribution in [0.3, 0.4) is 0 Å². The van der Waals surface area contributed by atoms with Crippen molar-refractivity contribution in [2.24, 2.45) is 5.92 Å². The fourth-order valence-electron chi connectivity index (χ4n) is 1.65. The molecule has 0 aromatic heterocycles. The largest absolute Gasteiger partial charge is 0.399 e. The third kappa shape index (κ3) is 4.84. The minimum Gasteiger partial charge on any atom is -0.399 e. The van der Waals surface area contributed by atoms with E-state index in [0.29, 0.717) is 18.6 Å². The van der Waals surface area contributed by atoms with Gasteiger partial charge in [0.25, 0.3) is 0 Å². The van der Waals surface area contributed by atoms with Crippen molar-refractivity contribution in [3.63, 3.8) is 0 Å². The highest BCUT2D eigenvalue weighted by Gasteiger charge is 2.05. The molecule has 84 valence electrons. The van der Waals surface area contributed by atoms with Gasteiger partial charge in [-0.2, -0.15) is 0 Å². The van der Waals surface area contributed by atoms with Crippen molar-refractivity contribution in [1.29, 1.82) is 0 Å². The van der Waals surface area contributed by atoms with Crippen molar-refractivity contribution < 1.29 is 4.74 Å². The molecule has 0 aliphatic carbocycles. The van der Waals surface area contributed by atoms with Crippen LogP contribution in [-0.2, 0) is 11.3 Å². The Morgan fingerprint density at radius 1 is 1.27 bits per heavy atom. The molecule has 0 saturated heterocycles. The smallest absolute Gasteiger partial charge is 0.0721 e. The monoisotopic (exact) mass is 207 g/mol. The van der Waals surface area contributed by atoms with Gasteiger partial charge in [0.1, 0.15) is 0 Å². The van der Waals surface area contributed by atoms with Gasteiger partial charge in [0.2, 0.25) is 0 Å². The summed E-state index contributed by atoms with van der Waals surface area (Å²) < 4.78 is 5.74.